The smallest absolute Gasteiger partial charge is 0.254 e. The minimum atomic E-state index is -0.0464. The monoisotopic (exact) mass is 377 g/mol. The second-order valence-electron chi connectivity index (χ2n) is 8.23. The molecule has 0 bridgehead atoms. The fraction of sp³-hybridized carbons (Fsp3) is 0.348. The Kier molecular flexibility index (Phi) is 5.63. The van der Waals surface area contributed by atoms with Crippen LogP contribution in [0.15, 0.2) is 59.1 Å². The van der Waals surface area contributed by atoms with Crippen LogP contribution in [-0.2, 0) is 12.0 Å². The molecule has 3 rings (SSSR count). The van der Waals surface area contributed by atoms with E-state index < -0.39 is 0 Å². The zero-order valence-corrected chi connectivity index (χ0v) is 17.1. The Morgan fingerprint density at radius 1 is 1.04 bits per heavy atom. The lowest BCUT2D eigenvalue weighted by Gasteiger charge is -2.26. The van der Waals surface area contributed by atoms with Gasteiger partial charge in [0.05, 0.1) is 0 Å². The Labute approximate surface area is 166 Å². The van der Waals surface area contributed by atoms with E-state index >= 15 is 0 Å². The molecule has 2 aromatic carbocycles. The third kappa shape index (κ3) is 4.47. The number of benzene rings is 2. The molecule has 3 aromatic rings. The average Bonchev–Trinajstić information content (AvgIpc) is 3.14. The maximum Gasteiger partial charge on any atom is 0.254 e. The molecule has 5 nitrogen and oxygen atoms in total. The number of rotatable bonds is 5. The van der Waals surface area contributed by atoms with Gasteiger partial charge in [-0.2, -0.15) is 4.98 Å². The van der Waals surface area contributed by atoms with Gasteiger partial charge < -0.3 is 9.42 Å². The lowest BCUT2D eigenvalue weighted by molar-refractivity contribution is 0.0667. The van der Waals surface area contributed by atoms with Gasteiger partial charge in [0.15, 0.2) is 0 Å². The summed E-state index contributed by atoms with van der Waals surface area (Å²) in [5, 5.41) is 4.05. The van der Waals surface area contributed by atoms with Crippen molar-refractivity contribution in [2.45, 2.75) is 52.6 Å². The molecule has 1 aromatic heterocycles. The highest BCUT2D eigenvalue weighted by Gasteiger charge is 2.23. The number of carbonyl (C=O) groups excluding carboxylic acids is 1. The summed E-state index contributed by atoms with van der Waals surface area (Å²) in [7, 11) is 0. The fourth-order valence-corrected chi connectivity index (χ4v) is 2.94. The Balaban J connectivity index is 1.78. The first-order chi connectivity index (χ1) is 13.3. The van der Waals surface area contributed by atoms with Crippen LogP contribution in [-0.4, -0.2) is 27.0 Å². The summed E-state index contributed by atoms with van der Waals surface area (Å²) in [6, 6.07) is 17.5. The van der Waals surface area contributed by atoms with Crippen molar-refractivity contribution in [3.05, 3.63) is 71.6 Å². The SMILES string of the molecule is CC(C)N(Cc1nc(-c2ccccc2)no1)C(=O)c1ccc(C(C)(C)C)cc1. The van der Waals surface area contributed by atoms with E-state index in [1.807, 2.05) is 68.4 Å². The van der Waals surface area contributed by atoms with Crippen molar-refractivity contribution in [1.29, 1.82) is 0 Å². The first-order valence-corrected chi connectivity index (χ1v) is 9.55. The van der Waals surface area contributed by atoms with Crippen LogP contribution in [0.5, 0.6) is 0 Å². The van der Waals surface area contributed by atoms with Crippen LogP contribution in [0.4, 0.5) is 0 Å². The van der Waals surface area contributed by atoms with Gasteiger partial charge in [-0.15, -0.1) is 0 Å². The zero-order valence-electron chi connectivity index (χ0n) is 17.1. The van der Waals surface area contributed by atoms with Crippen molar-refractivity contribution >= 4 is 5.91 Å². The highest BCUT2D eigenvalue weighted by atomic mass is 16.5. The molecule has 0 spiro atoms. The topological polar surface area (TPSA) is 59.2 Å². The van der Waals surface area contributed by atoms with Crippen LogP contribution in [0.2, 0.25) is 0 Å². The minimum Gasteiger partial charge on any atom is -0.337 e. The highest BCUT2D eigenvalue weighted by Crippen LogP contribution is 2.23. The molecule has 0 saturated carbocycles. The molecule has 1 heterocycles. The molecule has 0 unspecified atom stereocenters. The molecule has 0 aliphatic carbocycles. The molecule has 0 aliphatic heterocycles. The zero-order chi connectivity index (χ0) is 20.3. The molecule has 0 aliphatic rings. The maximum atomic E-state index is 13.1. The van der Waals surface area contributed by atoms with E-state index in [0.29, 0.717) is 17.3 Å². The van der Waals surface area contributed by atoms with E-state index in [1.165, 1.54) is 5.56 Å². The largest absolute Gasteiger partial charge is 0.337 e. The van der Waals surface area contributed by atoms with Gasteiger partial charge in [0.2, 0.25) is 11.7 Å². The van der Waals surface area contributed by atoms with Crippen molar-refractivity contribution in [2.24, 2.45) is 0 Å². The lowest BCUT2D eigenvalue weighted by atomic mass is 9.86. The van der Waals surface area contributed by atoms with Crippen LogP contribution in [0.1, 0.15) is 56.4 Å². The molecule has 28 heavy (non-hydrogen) atoms. The number of aromatic nitrogens is 2. The van der Waals surface area contributed by atoms with E-state index in [2.05, 4.69) is 30.9 Å². The Morgan fingerprint density at radius 2 is 1.68 bits per heavy atom. The number of hydrogen-bond donors (Lipinski definition) is 0. The van der Waals surface area contributed by atoms with Gasteiger partial charge in [-0.25, -0.2) is 0 Å². The van der Waals surface area contributed by atoms with Gasteiger partial charge in [-0.1, -0.05) is 68.4 Å². The number of carbonyl (C=O) groups is 1. The molecule has 0 radical (unpaired) electrons. The van der Waals surface area contributed by atoms with Crippen LogP contribution in [0.25, 0.3) is 11.4 Å². The first kappa shape index (κ1) is 19.8. The summed E-state index contributed by atoms with van der Waals surface area (Å²) in [6.45, 7) is 10.7. The Bertz CT molecular complexity index is 922. The maximum absolute atomic E-state index is 13.1. The second-order valence-corrected chi connectivity index (χ2v) is 8.23. The van der Waals surface area contributed by atoms with Crippen LogP contribution in [0.3, 0.4) is 0 Å². The third-order valence-corrected chi connectivity index (χ3v) is 4.69. The predicted octanol–water partition coefficient (Wildman–Crippen LogP) is 5.08. The highest BCUT2D eigenvalue weighted by molar-refractivity contribution is 5.94. The molecule has 0 N–H and O–H groups in total. The Morgan fingerprint density at radius 3 is 2.25 bits per heavy atom. The molecular formula is C23H27N3O2. The molecule has 1 amide bonds. The standard InChI is InChI=1S/C23H27N3O2/c1-16(2)26(22(27)18-11-13-19(14-12-18)23(3,4)5)15-20-24-21(25-28-20)17-9-7-6-8-10-17/h6-14,16H,15H2,1-5H3. The van der Waals surface area contributed by atoms with Gasteiger partial charge in [-0.05, 0) is 37.0 Å². The van der Waals surface area contributed by atoms with Crippen molar-refractivity contribution in [3.63, 3.8) is 0 Å². The van der Waals surface area contributed by atoms with Gasteiger partial charge in [0.25, 0.3) is 5.91 Å². The summed E-state index contributed by atoms with van der Waals surface area (Å²) in [5.41, 5.74) is 2.79. The summed E-state index contributed by atoms with van der Waals surface area (Å²) < 4.78 is 5.39. The van der Waals surface area contributed by atoms with Gasteiger partial charge >= 0.3 is 0 Å². The van der Waals surface area contributed by atoms with Gasteiger partial charge in [-0.3, -0.25) is 4.79 Å². The number of hydrogen-bond acceptors (Lipinski definition) is 4. The summed E-state index contributed by atoms with van der Waals surface area (Å²) in [5.74, 6) is 0.906. The number of amides is 1. The Hall–Kier alpha value is -2.95. The van der Waals surface area contributed by atoms with Crippen LogP contribution in [0, 0.1) is 0 Å². The predicted molar refractivity (Wildman–Crippen MR) is 110 cm³/mol. The van der Waals surface area contributed by atoms with E-state index in [-0.39, 0.29) is 23.9 Å². The first-order valence-electron chi connectivity index (χ1n) is 9.55. The molecule has 5 heteroatoms. The number of nitrogens with zero attached hydrogens (tertiary/aromatic N) is 3. The van der Waals surface area contributed by atoms with E-state index in [9.17, 15) is 4.79 Å². The van der Waals surface area contributed by atoms with E-state index in [0.717, 1.165) is 5.56 Å². The third-order valence-electron chi connectivity index (χ3n) is 4.69. The second kappa shape index (κ2) is 7.97. The van der Waals surface area contributed by atoms with Crippen molar-refractivity contribution in [2.75, 3.05) is 0 Å². The van der Waals surface area contributed by atoms with Gasteiger partial charge in [0.1, 0.15) is 6.54 Å². The van der Waals surface area contributed by atoms with Crippen LogP contribution >= 0.6 is 0 Å². The van der Waals surface area contributed by atoms with E-state index in [4.69, 9.17) is 4.52 Å². The molecular weight excluding hydrogens is 350 g/mol. The molecule has 0 fully saturated rings. The summed E-state index contributed by atoms with van der Waals surface area (Å²) in [6.07, 6.45) is 0. The quantitative estimate of drug-likeness (QED) is 0.622. The molecule has 0 saturated heterocycles. The van der Waals surface area contributed by atoms with E-state index in [1.54, 1.807) is 4.90 Å². The fourth-order valence-electron chi connectivity index (χ4n) is 2.94. The average molecular weight is 377 g/mol. The summed E-state index contributed by atoms with van der Waals surface area (Å²) in [4.78, 5) is 19.3. The van der Waals surface area contributed by atoms with Crippen LogP contribution < -0.4 is 0 Å². The summed E-state index contributed by atoms with van der Waals surface area (Å²) >= 11 is 0. The van der Waals surface area contributed by atoms with Gasteiger partial charge in [0, 0.05) is 17.2 Å². The van der Waals surface area contributed by atoms with Crippen molar-refractivity contribution < 1.29 is 9.32 Å². The van der Waals surface area contributed by atoms with Crippen molar-refractivity contribution in [1.82, 2.24) is 15.0 Å². The molecule has 146 valence electrons. The van der Waals surface area contributed by atoms with Crippen molar-refractivity contribution in [3.8, 4) is 11.4 Å². The minimum absolute atomic E-state index is 0.00173. The normalized spacial score (nSPS) is 11.6. The molecule has 0 atom stereocenters. The lowest BCUT2D eigenvalue weighted by Crippen LogP contribution is -2.36.